The zero-order valence-electron chi connectivity index (χ0n) is 11.1. The molecule has 1 aliphatic carbocycles. The average Bonchev–Trinajstić information content (AvgIpc) is 2.28. The quantitative estimate of drug-likeness (QED) is 0.725. The number of hydrogen-bond donors (Lipinski definition) is 2. The molecular weight excluding hydrogens is 200 g/mol. The molecule has 0 aromatic carbocycles. The molecule has 1 saturated carbocycles. The van der Waals surface area contributed by atoms with Crippen molar-refractivity contribution in [2.45, 2.75) is 57.0 Å². The second-order valence-corrected chi connectivity index (χ2v) is 5.47. The Kier molecular flexibility index (Phi) is 5.73. The van der Waals surface area contributed by atoms with E-state index in [0.29, 0.717) is 11.6 Å². The molecule has 2 N–H and O–H groups in total. The van der Waals surface area contributed by atoms with E-state index in [1.54, 1.807) is 0 Å². The summed E-state index contributed by atoms with van der Waals surface area (Å²) in [5.74, 6) is 0. The largest absolute Gasteiger partial charge is 0.396 e. The second kappa shape index (κ2) is 6.58. The van der Waals surface area contributed by atoms with Gasteiger partial charge in [0.1, 0.15) is 0 Å². The maximum atomic E-state index is 8.90. The van der Waals surface area contributed by atoms with Gasteiger partial charge in [-0.2, -0.15) is 0 Å². The SMILES string of the molecule is CC(CCO)NCC1(N(C)C)CCCCC1. The summed E-state index contributed by atoms with van der Waals surface area (Å²) >= 11 is 0. The topological polar surface area (TPSA) is 35.5 Å². The Balaban J connectivity index is 2.44. The van der Waals surface area contributed by atoms with Crippen molar-refractivity contribution in [3.63, 3.8) is 0 Å². The van der Waals surface area contributed by atoms with Gasteiger partial charge in [-0.3, -0.25) is 0 Å². The van der Waals surface area contributed by atoms with E-state index in [-0.39, 0.29) is 6.61 Å². The lowest BCUT2D eigenvalue weighted by Gasteiger charge is -2.44. The van der Waals surface area contributed by atoms with E-state index < -0.39 is 0 Å². The maximum absolute atomic E-state index is 8.90. The molecule has 96 valence electrons. The molecule has 0 amide bonds. The summed E-state index contributed by atoms with van der Waals surface area (Å²) in [6, 6.07) is 0.420. The molecule has 1 aliphatic rings. The first kappa shape index (κ1) is 13.9. The van der Waals surface area contributed by atoms with E-state index in [1.165, 1.54) is 32.1 Å². The Bertz CT molecular complexity index is 188. The molecule has 3 nitrogen and oxygen atoms in total. The fourth-order valence-corrected chi connectivity index (χ4v) is 2.65. The van der Waals surface area contributed by atoms with Gasteiger partial charge >= 0.3 is 0 Å². The number of likely N-dealkylation sites (N-methyl/N-ethyl adjacent to an activating group) is 1. The lowest BCUT2D eigenvalue weighted by atomic mass is 9.80. The van der Waals surface area contributed by atoms with Crippen LogP contribution in [0.2, 0.25) is 0 Å². The summed E-state index contributed by atoms with van der Waals surface area (Å²) < 4.78 is 0. The lowest BCUT2D eigenvalue weighted by Crippen LogP contribution is -2.54. The predicted molar refractivity (Wildman–Crippen MR) is 68.7 cm³/mol. The summed E-state index contributed by atoms with van der Waals surface area (Å²) in [6.07, 6.45) is 7.56. The first-order valence-corrected chi connectivity index (χ1v) is 6.62. The summed E-state index contributed by atoms with van der Waals surface area (Å²) in [6.45, 7) is 3.49. The van der Waals surface area contributed by atoms with Gasteiger partial charge in [-0.1, -0.05) is 19.3 Å². The van der Waals surface area contributed by atoms with Gasteiger partial charge in [0.25, 0.3) is 0 Å². The van der Waals surface area contributed by atoms with Crippen LogP contribution in [0.1, 0.15) is 45.4 Å². The van der Waals surface area contributed by atoms with Crippen LogP contribution in [0.5, 0.6) is 0 Å². The molecule has 0 bridgehead atoms. The summed E-state index contributed by atoms with van der Waals surface area (Å²) in [4.78, 5) is 2.39. The zero-order valence-corrected chi connectivity index (χ0v) is 11.1. The van der Waals surface area contributed by atoms with Crippen LogP contribution in [-0.2, 0) is 0 Å². The first-order valence-electron chi connectivity index (χ1n) is 6.62. The molecule has 3 heteroatoms. The minimum atomic E-state index is 0.281. The van der Waals surface area contributed by atoms with E-state index in [1.807, 2.05) is 0 Å². The number of hydrogen-bond acceptors (Lipinski definition) is 3. The summed E-state index contributed by atoms with van der Waals surface area (Å²) in [7, 11) is 4.40. The van der Waals surface area contributed by atoms with Gasteiger partial charge in [0, 0.05) is 24.7 Å². The summed E-state index contributed by atoms with van der Waals surface area (Å²) in [5.41, 5.74) is 0.349. The van der Waals surface area contributed by atoms with Crippen LogP contribution < -0.4 is 5.32 Å². The Hall–Kier alpha value is -0.120. The minimum absolute atomic E-state index is 0.281. The van der Waals surface area contributed by atoms with Crippen LogP contribution in [0.3, 0.4) is 0 Å². The van der Waals surface area contributed by atoms with Gasteiger partial charge in [-0.05, 0) is 40.3 Å². The maximum Gasteiger partial charge on any atom is 0.0445 e. The van der Waals surface area contributed by atoms with Crippen LogP contribution in [0.25, 0.3) is 0 Å². The van der Waals surface area contributed by atoms with Crippen LogP contribution in [0.4, 0.5) is 0 Å². The van der Waals surface area contributed by atoms with Crippen molar-refractivity contribution < 1.29 is 5.11 Å². The third-order valence-electron chi connectivity index (χ3n) is 4.07. The molecule has 0 aliphatic heterocycles. The molecule has 0 aromatic rings. The van der Waals surface area contributed by atoms with Crippen molar-refractivity contribution in [2.24, 2.45) is 0 Å². The van der Waals surface area contributed by atoms with Crippen molar-refractivity contribution in [2.75, 3.05) is 27.2 Å². The van der Waals surface area contributed by atoms with Crippen molar-refractivity contribution in [1.82, 2.24) is 10.2 Å². The van der Waals surface area contributed by atoms with E-state index in [2.05, 4.69) is 31.2 Å². The highest BCUT2D eigenvalue weighted by molar-refractivity contribution is 4.93. The van der Waals surface area contributed by atoms with Gasteiger partial charge in [-0.15, -0.1) is 0 Å². The van der Waals surface area contributed by atoms with E-state index in [4.69, 9.17) is 5.11 Å². The smallest absolute Gasteiger partial charge is 0.0445 e. The minimum Gasteiger partial charge on any atom is -0.396 e. The molecule has 0 heterocycles. The highest BCUT2D eigenvalue weighted by Gasteiger charge is 2.33. The first-order chi connectivity index (χ1) is 7.60. The molecule has 1 fully saturated rings. The Labute approximate surface area is 100 Å². The van der Waals surface area contributed by atoms with Crippen LogP contribution >= 0.6 is 0 Å². The van der Waals surface area contributed by atoms with Crippen molar-refractivity contribution in [1.29, 1.82) is 0 Å². The Morgan fingerprint density at radius 1 is 1.25 bits per heavy atom. The fourth-order valence-electron chi connectivity index (χ4n) is 2.65. The van der Waals surface area contributed by atoms with Crippen LogP contribution in [-0.4, -0.2) is 48.8 Å². The predicted octanol–water partition coefficient (Wildman–Crippen LogP) is 1.61. The number of aliphatic hydroxyl groups is 1. The standard InChI is InChI=1S/C13H28N2O/c1-12(7-10-16)14-11-13(15(2)3)8-5-4-6-9-13/h12,14,16H,4-11H2,1-3H3. The van der Waals surface area contributed by atoms with E-state index in [9.17, 15) is 0 Å². The lowest BCUT2D eigenvalue weighted by molar-refractivity contribution is 0.0944. The highest BCUT2D eigenvalue weighted by Crippen LogP contribution is 2.31. The Morgan fingerprint density at radius 3 is 2.38 bits per heavy atom. The third kappa shape index (κ3) is 3.72. The number of rotatable bonds is 6. The van der Waals surface area contributed by atoms with E-state index in [0.717, 1.165) is 13.0 Å². The molecule has 0 aromatic heterocycles. The van der Waals surface area contributed by atoms with Crippen molar-refractivity contribution in [3.8, 4) is 0 Å². The van der Waals surface area contributed by atoms with Crippen LogP contribution in [0, 0.1) is 0 Å². The third-order valence-corrected chi connectivity index (χ3v) is 4.07. The number of nitrogens with one attached hydrogen (secondary N) is 1. The fraction of sp³-hybridized carbons (Fsp3) is 1.00. The molecule has 1 unspecified atom stereocenters. The number of nitrogens with zero attached hydrogens (tertiary/aromatic N) is 1. The van der Waals surface area contributed by atoms with E-state index >= 15 is 0 Å². The van der Waals surface area contributed by atoms with Gasteiger partial charge < -0.3 is 15.3 Å². The van der Waals surface area contributed by atoms with Gasteiger partial charge in [0.2, 0.25) is 0 Å². The van der Waals surface area contributed by atoms with Crippen molar-refractivity contribution >= 4 is 0 Å². The molecule has 0 saturated heterocycles. The van der Waals surface area contributed by atoms with Gasteiger partial charge in [0.05, 0.1) is 0 Å². The highest BCUT2D eigenvalue weighted by atomic mass is 16.3. The molecule has 1 rings (SSSR count). The summed E-state index contributed by atoms with van der Waals surface area (Å²) in [5, 5.41) is 12.5. The molecule has 1 atom stereocenters. The molecule has 0 radical (unpaired) electrons. The molecule has 0 spiro atoms. The van der Waals surface area contributed by atoms with Gasteiger partial charge in [-0.25, -0.2) is 0 Å². The zero-order chi connectivity index (χ0) is 12.0. The van der Waals surface area contributed by atoms with Crippen LogP contribution in [0.15, 0.2) is 0 Å². The molecule has 16 heavy (non-hydrogen) atoms. The van der Waals surface area contributed by atoms with Gasteiger partial charge in [0.15, 0.2) is 0 Å². The normalized spacial score (nSPS) is 22.3. The second-order valence-electron chi connectivity index (χ2n) is 5.47. The Morgan fingerprint density at radius 2 is 1.88 bits per heavy atom. The average molecular weight is 228 g/mol. The molecular formula is C13H28N2O. The number of aliphatic hydroxyl groups excluding tert-OH is 1. The van der Waals surface area contributed by atoms with Crippen molar-refractivity contribution in [3.05, 3.63) is 0 Å². The monoisotopic (exact) mass is 228 g/mol.